The van der Waals surface area contributed by atoms with Gasteiger partial charge in [-0.3, -0.25) is 0 Å². The van der Waals surface area contributed by atoms with Crippen molar-refractivity contribution in [1.29, 1.82) is 0 Å². The average Bonchev–Trinajstić information content (AvgIpc) is 2.46. The molecule has 0 amide bonds. The van der Waals surface area contributed by atoms with Gasteiger partial charge < -0.3 is 10.2 Å². The SMILES string of the molecule is CC(C)(C)C1CN(c2cccc3c2CCCC3)CCN1. The highest BCUT2D eigenvalue weighted by Crippen LogP contribution is 2.32. The number of nitrogens with one attached hydrogen (secondary N) is 1. The van der Waals surface area contributed by atoms with Crippen LogP contribution >= 0.6 is 0 Å². The molecule has 1 unspecified atom stereocenters. The van der Waals surface area contributed by atoms with Crippen molar-refractivity contribution in [3.63, 3.8) is 0 Å². The molecule has 0 radical (unpaired) electrons. The summed E-state index contributed by atoms with van der Waals surface area (Å²) >= 11 is 0. The van der Waals surface area contributed by atoms with Crippen LogP contribution in [0.15, 0.2) is 18.2 Å². The molecule has 1 heterocycles. The summed E-state index contributed by atoms with van der Waals surface area (Å²) in [5, 5.41) is 3.70. The Morgan fingerprint density at radius 2 is 1.95 bits per heavy atom. The zero-order chi connectivity index (χ0) is 14.2. The van der Waals surface area contributed by atoms with Crippen LogP contribution in [0.3, 0.4) is 0 Å². The van der Waals surface area contributed by atoms with Gasteiger partial charge in [-0.05, 0) is 48.3 Å². The largest absolute Gasteiger partial charge is 0.368 e. The molecule has 1 aliphatic carbocycles. The number of nitrogens with zero attached hydrogens (tertiary/aromatic N) is 1. The predicted molar refractivity (Wildman–Crippen MR) is 86.5 cm³/mol. The van der Waals surface area contributed by atoms with E-state index in [1.165, 1.54) is 31.4 Å². The van der Waals surface area contributed by atoms with Crippen molar-refractivity contribution < 1.29 is 0 Å². The van der Waals surface area contributed by atoms with Crippen LogP contribution in [0, 0.1) is 5.41 Å². The molecule has 0 bridgehead atoms. The normalized spacial score (nSPS) is 23.6. The molecule has 110 valence electrons. The van der Waals surface area contributed by atoms with E-state index in [1.54, 1.807) is 11.1 Å². The lowest BCUT2D eigenvalue weighted by atomic mass is 9.84. The molecule has 1 fully saturated rings. The maximum Gasteiger partial charge on any atom is 0.0402 e. The molecule has 1 N–H and O–H groups in total. The van der Waals surface area contributed by atoms with E-state index in [4.69, 9.17) is 0 Å². The molecule has 1 aromatic rings. The number of fused-ring (bicyclic) bond motifs is 1. The van der Waals surface area contributed by atoms with Gasteiger partial charge in [-0.1, -0.05) is 32.9 Å². The van der Waals surface area contributed by atoms with Crippen LogP contribution in [0.25, 0.3) is 0 Å². The summed E-state index contributed by atoms with van der Waals surface area (Å²) in [6.45, 7) is 10.4. The third-order valence-electron chi connectivity index (χ3n) is 4.93. The highest BCUT2D eigenvalue weighted by atomic mass is 15.2. The van der Waals surface area contributed by atoms with Crippen LogP contribution in [-0.4, -0.2) is 25.7 Å². The van der Waals surface area contributed by atoms with Crippen molar-refractivity contribution in [3.8, 4) is 0 Å². The van der Waals surface area contributed by atoms with Crippen molar-refractivity contribution >= 4 is 5.69 Å². The molecular weight excluding hydrogens is 244 g/mol. The maximum atomic E-state index is 3.70. The van der Waals surface area contributed by atoms with Gasteiger partial charge in [0.05, 0.1) is 0 Å². The minimum absolute atomic E-state index is 0.327. The highest BCUT2D eigenvalue weighted by molar-refractivity contribution is 5.58. The van der Waals surface area contributed by atoms with E-state index < -0.39 is 0 Å². The first kappa shape index (κ1) is 13.9. The van der Waals surface area contributed by atoms with Crippen LogP contribution in [0.5, 0.6) is 0 Å². The molecule has 20 heavy (non-hydrogen) atoms. The predicted octanol–water partition coefficient (Wildman–Crippen LogP) is 3.39. The number of aryl methyl sites for hydroxylation is 1. The number of piperazine rings is 1. The van der Waals surface area contributed by atoms with Crippen molar-refractivity contribution in [2.75, 3.05) is 24.5 Å². The molecule has 3 rings (SSSR count). The summed E-state index contributed by atoms with van der Waals surface area (Å²) in [5.74, 6) is 0. The van der Waals surface area contributed by atoms with Gasteiger partial charge >= 0.3 is 0 Å². The van der Waals surface area contributed by atoms with E-state index in [9.17, 15) is 0 Å². The Labute approximate surface area is 123 Å². The highest BCUT2D eigenvalue weighted by Gasteiger charge is 2.30. The maximum absolute atomic E-state index is 3.70. The monoisotopic (exact) mass is 272 g/mol. The molecule has 1 atom stereocenters. The second-order valence-electron chi connectivity index (χ2n) is 7.44. The fraction of sp³-hybridized carbons (Fsp3) is 0.667. The van der Waals surface area contributed by atoms with Gasteiger partial charge in [0.15, 0.2) is 0 Å². The lowest BCUT2D eigenvalue weighted by molar-refractivity contribution is 0.254. The van der Waals surface area contributed by atoms with E-state index >= 15 is 0 Å². The van der Waals surface area contributed by atoms with Gasteiger partial charge in [0.25, 0.3) is 0 Å². The smallest absolute Gasteiger partial charge is 0.0402 e. The van der Waals surface area contributed by atoms with E-state index in [1.807, 2.05) is 0 Å². The molecule has 2 heteroatoms. The number of rotatable bonds is 1. The molecule has 2 aliphatic rings. The molecule has 0 saturated carbocycles. The first-order valence-electron chi connectivity index (χ1n) is 8.15. The Morgan fingerprint density at radius 3 is 2.75 bits per heavy atom. The van der Waals surface area contributed by atoms with E-state index in [2.05, 4.69) is 49.2 Å². The van der Waals surface area contributed by atoms with Gasteiger partial charge in [-0.25, -0.2) is 0 Å². The van der Waals surface area contributed by atoms with Crippen LogP contribution in [0.4, 0.5) is 5.69 Å². The third kappa shape index (κ3) is 2.71. The van der Waals surface area contributed by atoms with Crippen molar-refractivity contribution in [1.82, 2.24) is 5.32 Å². The first-order valence-corrected chi connectivity index (χ1v) is 8.15. The van der Waals surface area contributed by atoms with E-state index in [0.717, 1.165) is 19.6 Å². The van der Waals surface area contributed by atoms with Crippen LogP contribution < -0.4 is 10.2 Å². The molecular formula is C18H28N2. The second-order valence-corrected chi connectivity index (χ2v) is 7.44. The van der Waals surface area contributed by atoms with Crippen molar-refractivity contribution in [3.05, 3.63) is 29.3 Å². The number of benzene rings is 1. The lowest BCUT2D eigenvalue weighted by Crippen LogP contribution is -2.56. The van der Waals surface area contributed by atoms with Crippen LogP contribution in [0.1, 0.15) is 44.7 Å². The zero-order valence-electron chi connectivity index (χ0n) is 13.2. The minimum Gasteiger partial charge on any atom is -0.368 e. The molecule has 1 aliphatic heterocycles. The van der Waals surface area contributed by atoms with E-state index in [0.29, 0.717) is 11.5 Å². The standard InChI is InChI=1S/C18H28N2/c1-18(2,3)17-13-20(12-11-19-17)16-10-6-8-14-7-4-5-9-15(14)16/h6,8,10,17,19H,4-5,7,9,11-13H2,1-3H3. The lowest BCUT2D eigenvalue weighted by Gasteiger charge is -2.42. The fourth-order valence-corrected chi connectivity index (χ4v) is 3.61. The molecule has 2 nitrogen and oxygen atoms in total. The summed E-state index contributed by atoms with van der Waals surface area (Å²) in [7, 11) is 0. The Bertz CT molecular complexity index is 473. The first-order chi connectivity index (χ1) is 9.55. The molecule has 1 aromatic carbocycles. The Kier molecular flexibility index (Phi) is 3.76. The summed E-state index contributed by atoms with van der Waals surface area (Å²) in [5.41, 5.74) is 5.07. The average molecular weight is 272 g/mol. The summed E-state index contributed by atoms with van der Waals surface area (Å²) in [6.07, 6.45) is 5.27. The van der Waals surface area contributed by atoms with Crippen LogP contribution in [0.2, 0.25) is 0 Å². The number of hydrogen-bond acceptors (Lipinski definition) is 2. The fourth-order valence-electron chi connectivity index (χ4n) is 3.61. The van der Waals surface area contributed by atoms with Gasteiger partial charge in [0.1, 0.15) is 0 Å². The van der Waals surface area contributed by atoms with Gasteiger partial charge in [0.2, 0.25) is 0 Å². The Balaban J connectivity index is 1.86. The molecule has 1 saturated heterocycles. The van der Waals surface area contributed by atoms with Crippen molar-refractivity contribution in [2.24, 2.45) is 5.41 Å². The van der Waals surface area contributed by atoms with Gasteiger partial charge in [-0.15, -0.1) is 0 Å². The third-order valence-corrected chi connectivity index (χ3v) is 4.93. The van der Waals surface area contributed by atoms with Crippen LogP contribution in [-0.2, 0) is 12.8 Å². The summed E-state index contributed by atoms with van der Waals surface area (Å²) in [6, 6.07) is 7.51. The summed E-state index contributed by atoms with van der Waals surface area (Å²) < 4.78 is 0. The number of anilines is 1. The zero-order valence-corrected chi connectivity index (χ0v) is 13.2. The van der Waals surface area contributed by atoms with Gasteiger partial charge in [0, 0.05) is 31.4 Å². The number of hydrogen-bond donors (Lipinski definition) is 1. The molecule has 0 spiro atoms. The summed E-state index contributed by atoms with van der Waals surface area (Å²) in [4.78, 5) is 2.62. The van der Waals surface area contributed by atoms with Gasteiger partial charge in [-0.2, -0.15) is 0 Å². The minimum atomic E-state index is 0.327. The van der Waals surface area contributed by atoms with E-state index in [-0.39, 0.29) is 0 Å². The Morgan fingerprint density at radius 1 is 1.15 bits per heavy atom. The Hall–Kier alpha value is -1.02. The topological polar surface area (TPSA) is 15.3 Å². The second kappa shape index (κ2) is 5.40. The quantitative estimate of drug-likeness (QED) is 0.843. The molecule has 0 aromatic heterocycles. The van der Waals surface area contributed by atoms with Crippen molar-refractivity contribution in [2.45, 2.75) is 52.5 Å².